The molecule has 6 aliphatic carbocycles. The molecular weight excluding hydrogens is 827 g/mol. The Labute approximate surface area is 384 Å². The molecule has 7 aliphatic rings. The number of benzene rings is 4. The SMILES string of the molecule is Oc1ccc(C=Cc2c(CCc3ccc(C4NC5C(CC6CCCC67CCC68CCCC6C=CC(O)C8C57c5cnc[nH]5)C5=C4C=CC(O)C5)cc3)c(O)c(O)c3c(O)cccc23)cc1O. The molecule has 2 spiro atoms. The summed E-state index contributed by atoms with van der Waals surface area (Å²) in [6.07, 6.45) is 27.0. The van der Waals surface area contributed by atoms with Crippen molar-refractivity contribution in [3.8, 4) is 28.7 Å². The molecule has 0 bridgehead atoms. The second-order valence-corrected chi connectivity index (χ2v) is 20.8. The molecule has 11 atom stereocenters. The van der Waals surface area contributed by atoms with Gasteiger partial charge in [0.1, 0.15) is 5.75 Å². The molecule has 1 aliphatic heterocycles. The lowest BCUT2D eigenvalue weighted by molar-refractivity contribution is -0.191. The Balaban J connectivity index is 0.925. The molecule has 9 N–H and O–H groups in total. The molecule has 4 saturated carbocycles. The fraction of sp³-hybridized carbons (Fsp3) is 0.411. The third-order valence-corrected chi connectivity index (χ3v) is 18.3. The lowest BCUT2D eigenvalue weighted by Crippen LogP contribution is -2.76. The molecule has 0 saturated heterocycles. The lowest BCUT2D eigenvalue weighted by Gasteiger charge is -2.73. The standard InChI is InChI=1S/C56H59N3O7/c60-36-16-19-39-41(28-36)42-27-35-5-3-23-55(35)25-24-54-22-2-4-34(54)15-21-45(63)52(54)56(55,47-29-57-30-58-47)53(42)59-49(39)33-13-8-31(9-14-33)10-18-40-37(17-11-32-12-20-43(61)46(64)26-32)38-6-1-7-44(62)48(38)51(66)50(40)65/h1,6-9,11-17,19-21,26,29-30,34-36,42,45,49,52-53,59-66H,2-5,10,18,22-25,27-28H2,(H,57,58). The Morgan fingerprint density at radius 3 is 2.45 bits per heavy atom. The molecule has 10 nitrogen and oxygen atoms in total. The van der Waals surface area contributed by atoms with E-state index in [4.69, 9.17) is 4.98 Å². The Kier molecular flexibility index (Phi) is 9.69. The molecule has 5 aromatic rings. The van der Waals surface area contributed by atoms with Crippen LogP contribution in [-0.2, 0) is 18.3 Å². The first-order valence-electron chi connectivity index (χ1n) is 24.2. The van der Waals surface area contributed by atoms with Crippen LogP contribution >= 0.6 is 0 Å². The molecule has 11 unspecified atom stereocenters. The fourth-order valence-corrected chi connectivity index (χ4v) is 15.9. The molecule has 4 fully saturated rings. The minimum absolute atomic E-state index is 0.000115. The second-order valence-electron chi connectivity index (χ2n) is 20.8. The highest BCUT2D eigenvalue weighted by molar-refractivity contribution is 6.03. The maximum absolute atomic E-state index is 12.6. The van der Waals surface area contributed by atoms with Crippen LogP contribution < -0.4 is 5.32 Å². The van der Waals surface area contributed by atoms with Crippen LogP contribution in [0.5, 0.6) is 28.7 Å². The number of H-pyrrole nitrogens is 1. The largest absolute Gasteiger partial charge is 0.507 e. The Hall–Kier alpha value is -5.81. The summed E-state index contributed by atoms with van der Waals surface area (Å²) in [7, 11) is 0. The summed E-state index contributed by atoms with van der Waals surface area (Å²) in [6.45, 7) is 0. The number of aromatic amines is 1. The molecule has 0 radical (unpaired) electrons. The monoisotopic (exact) mass is 885 g/mol. The summed E-state index contributed by atoms with van der Waals surface area (Å²) in [4.78, 5) is 8.50. The average molecular weight is 886 g/mol. The van der Waals surface area contributed by atoms with E-state index in [-0.39, 0.29) is 68.9 Å². The molecule has 4 aromatic carbocycles. The van der Waals surface area contributed by atoms with Crippen molar-refractivity contribution in [1.29, 1.82) is 0 Å². The van der Waals surface area contributed by atoms with Gasteiger partial charge in [0, 0.05) is 34.8 Å². The van der Waals surface area contributed by atoms with Crippen LogP contribution in [0.15, 0.2) is 109 Å². The molecule has 66 heavy (non-hydrogen) atoms. The molecule has 340 valence electrons. The minimum atomic E-state index is -0.571. The number of fused-ring (bicyclic) bond motifs is 5. The Morgan fingerprint density at radius 1 is 0.788 bits per heavy atom. The summed E-state index contributed by atoms with van der Waals surface area (Å²) in [5.41, 5.74) is 7.29. The predicted molar refractivity (Wildman–Crippen MR) is 254 cm³/mol. The number of imidazole rings is 1. The van der Waals surface area contributed by atoms with Crippen molar-refractivity contribution in [2.45, 2.75) is 107 Å². The van der Waals surface area contributed by atoms with Crippen molar-refractivity contribution < 1.29 is 35.7 Å². The highest BCUT2D eigenvalue weighted by Crippen LogP contribution is 2.78. The van der Waals surface area contributed by atoms with E-state index < -0.39 is 17.6 Å². The van der Waals surface area contributed by atoms with E-state index in [1.54, 1.807) is 30.4 Å². The van der Waals surface area contributed by atoms with Crippen molar-refractivity contribution in [3.63, 3.8) is 0 Å². The number of hydrogen-bond acceptors (Lipinski definition) is 9. The van der Waals surface area contributed by atoms with E-state index in [2.05, 4.69) is 59.0 Å². The van der Waals surface area contributed by atoms with Gasteiger partial charge in [-0.1, -0.05) is 97.3 Å². The van der Waals surface area contributed by atoms with Gasteiger partial charge in [-0.2, -0.15) is 0 Å². The van der Waals surface area contributed by atoms with Gasteiger partial charge in [0.05, 0.1) is 30.0 Å². The van der Waals surface area contributed by atoms with Crippen molar-refractivity contribution in [2.75, 3.05) is 0 Å². The van der Waals surface area contributed by atoms with Crippen molar-refractivity contribution >= 4 is 22.9 Å². The van der Waals surface area contributed by atoms with Crippen LogP contribution in [-0.4, -0.2) is 64.0 Å². The summed E-state index contributed by atoms with van der Waals surface area (Å²) >= 11 is 0. The molecule has 10 heteroatoms. The van der Waals surface area contributed by atoms with Crippen LogP contribution in [0, 0.1) is 34.5 Å². The summed E-state index contributed by atoms with van der Waals surface area (Å²) in [5, 5.41) is 82.7. The van der Waals surface area contributed by atoms with Gasteiger partial charge in [-0.15, -0.1) is 0 Å². The summed E-state index contributed by atoms with van der Waals surface area (Å²) in [6, 6.07) is 18.1. The molecule has 2 heterocycles. The number of nitrogens with zero attached hydrogens (tertiary/aromatic N) is 1. The molecule has 1 aromatic heterocycles. The molecule has 0 amide bonds. The smallest absolute Gasteiger partial charge is 0.169 e. The van der Waals surface area contributed by atoms with Crippen LogP contribution in [0.4, 0.5) is 0 Å². The highest BCUT2D eigenvalue weighted by atomic mass is 16.3. The number of aromatic hydroxyl groups is 5. The van der Waals surface area contributed by atoms with Crippen LogP contribution in [0.2, 0.25) is 0 Å². The van der Waals surface area contributed by atoms with Crippen LogP contribution in [0.25, 0.3) is 22.9 Å². The number of nitrogens with one attached hydrogen (secondary N) is 2. The number of hydrogen-bond donors (Lipinski definition) is 9. The molecule has 12 rings (SSSR count). The van der Waals surface area contributed by atoms with E-state index in [0.717, 1.165) is 43.2 Å². The predicted octanol–water partition coefficient (Wildman–Crippen LogP) is 9.55. The maximum Gasteiger partial charge on any atom is 0.169 e. The first kappa shape index (κ1) is 41.6. The number of aliphatic hydroxyl groups is 2. The van der Waals surface area contributed by atoms with Crippen LogP contribution in [0.1, 0.15) is 104 Å². The number of phenolic OH excluding ortho intramolecular Hbond substituents is 5. The lowest BCUT2D eigenvalue weighted by atomic mass is 9.32. The number of aryl methyl sites for hydroxylation is 1. The number of phenols is 5. The van der Waals surface area contributed by atoms with Gasteiger partial charge >= 0.3 is 0 Å². The number of aliphatic hydroxyl groups excluding tert-OH is 2. The average Bonchev–Trinajstić information content (AvgIpc) is 4.11. The van der Waals surface area contributed by atoms with Gasteiger partial charge in [0.2, 0.25) is 0 Å². The van der Waals surface area contributed by atoms with E-state index in [1.807, 2.05) is 12.4 Å². The zero-order valence-corrected chi connectivity index (χ0v) is 37.1. The zero-order valence-electron chi connectivity index (χ0n) is 37.1. The first-order valence-corrected chi connectivity index (χ1v) is 24.2. The van der Waals surface area contributed by atoms with Gasteiger partial charge in [-0.25, -0.2) is 4.98 Å². The van der Waals surface area contributed by atoms with Crippen molar-refractivity contribution in [2.24, 2.45) is 34.5 Å². The third-order valence-electron chi connectivity index (χ3n) is 18.3. The highest BCUT2D eigenvalue weighted by Gasteiger charge is 2.77. The van der Waals surface area contributed by atoms with E-state index in [9.17, 15) is 35.7 Å². The topological polar surface area (TPSA) is 182 Å². The van der Waals surface area contributed by atoms with Gasteiger partial charge in [0.25, 0.3) is 0 Å². The first-order chi connectivity index (χ1) is 32.0. The van der Waals surface area contributed by atoms with Gasteiger partial charge < -0.3 is 46.0 Å². The quantitative estimate of drug-likeness (QED) is 0.0437. The van der Waals surface area contributed by atoms with Crippen molar-refractivity contribution in [1.82, 2.24) is 15.3 Å². The number of aromatic nitrogens is 2. The van der Waals surface area contributed by atoms with E-state index in [1.165, 1.54) is 60.7 Å². The number of allylic oxidation sites excluding steroid dienone is 1. The normalized spacial score (nSPS) is 34.2. The maximum atomic E-state index is 12.6. The van der Waals surface area contributed by atoms with Gasteiger partial charge in [0.15, 0.2) is 23.0 Å². The van der Waals surface area contributed by atoms with E-state index >= 15 is 0 Å². The van der Waals surface area contributed by atoms with Gasteiger partial charge in [-0.3, -0.25) is 0 Å². The Morgan fingerprint density at radius 2 is 1.64 bits per heavy atom. The second kappa shape index (κ2) is 15.4. The Bertz CT molecular complexity index is 2870. The summed E-state index contributed by atoms with van der Waals surface area (Å²) < 4.78 is 0. The third kappa shape index (κ3) is 5.86. The molecular formula is C56H59N3O7. The summed E-state index contributed by atoms with van der Waals surface area (Å²) in [5.74, 6) is -0.123. The number of rotatable bonds is 7. The van der Waals surface area contributed by atoms with E-state index in [0.29, 0.717) is 53.2 Å². The van der Waals surface area contributed by atoms with Gasteiger partial charge in [-0.05, 0) is 144 Å². The van der Waals surface area contributed by atoms with Crippen LogP contribution in [0.3, 0.4) is 0 Å². The van der Waals surface area contributed by atoms with Crippen molar-refractivity contribution in [3.05, 3.63) is 142 Å². The minimum Gasteiger partial charge on any atom is -0.507 e. The zero-order chi connectivity index (χ0) is 45.1. The fourth-order valence-electron chi connectivity index (χ4n) is 15.9.